The Kier molecular flexibility index (Phi) is 8.55. The molecule has 6 aromatic rings. The number of aliphatic hydroxyl groups is 2. The van der Waals surface area contributed by atoms with Crippen LogP contribution in [-0.2, 0) is 15.9 Å². The van der Waals surface area contributed by atoms with Crippen molar-refractivity contribution >= 4 is 22.9 Å². The van der Waals surface area contributed by atoms with Crippen molar-refractivity contribution in [3.8, 4) is 11.5 Å². The summed E-state index contributed by atoms with van der Waals surface area (Å²) < 4.78 is 19.9. The summed E-state index contributed by atoms with van der Waals surface area (Å²) in [6.45, 7) is -0.432. The Hall–Kier alpha value is -5.62. The molecule has 3 atom stereocenters. The second-order valence-corrected chi connectivity index (χ2v) is 11.8. The zero-order chi connectivity index (χ0) is 34.0. The Balaban J connectivity index is 1.54. The zero-order valence-electron chi connectivity index (χ0n) is 26.9. The number of fused-ring (bicyclic) bond motifs is 1. The van der Waals surface area contributed by atoms with Crippen molar-refractivity contribution in [2.75, 3.05) is 26.1 Å². The van der Waals surface area contributed by atoms with Gasteiger partial charge in [-0.15, -0.1) is 0 Å². The highest BCUT2D eigenvalue weighted by molar-refractivity contribution is 6.06. The summed E-state index contributed by atoms with van der Waals surface area (Å²) in [5, 5.41) is 25.0. The molecule has 1 aliphatic rings. The van der Waals surface area contributed by atoms with Gasteiger partial charge in [-0.1, -0.05) is 72.8 Å². The molecule has 0 saturated carbocycles. The van der Waals surface area contributed by atoms with Crippen LogP contribution in [0.4, 0.5) is 5.82 Å². The van der Waals surface area contributed by atoms with Crippen LogP contribution in [-0.4, -0.2) is 68.7 Å². The number of nitrogens with one attached hydrogen (secondary N) is 1. The summed E-state index contributed by atoms with van der Waals surface area (Å²) in [7, 11) is 3.22. The van der Waals surface area contributed by atoms with Crippen molar-refractivity contribution in [2.24, 2.45) is 0 Å². The molecule has 3 N–H and O–H groups in total. The third-order valence-corrected chi connectivity index (χ3v) is 9.27. The topological polar surface area (TPSA) is 141 Å². The zero-order valence-corrected chi connectivity index (χ0v) is 26.9. The largest absolute Gasteiger partial charge is 0.497 e. The highest BCUT2D eigenvalue weighted by Gasteiger charge is 2.63. The van der Waals surface area contributed by atoms with Crippen LogP contribution in [0.2, 0.25) is 0 Å². The van der Waals surface area contributed by atoms with E-state index in [9.17, 15) is 15.0 Å². The number of carbonyl (C=O) groups excluding carboxylic acids is 1. The summed E-state index contributed by atoms with van der Waals surface area (Å²) >= 11 is 0. The SMILES string of the molecule is COc1ccc(C(c2ccccc2)(c2ccc(OC)cc2)[C@]2(n3cnc4c(NC(=O)c5ccccc5)ncnc43)C[C@H](O)[C@@H](CO)O2)cc1. The van der Waals surface area contributed by atoms with Gasteiger partial charge in [0.15, 0.2) is 22.7 Å². The lowest BCUT2D eigenvalue weighted by Crippen LogP contribution is -2.55. The summed E-state index contributed by atoms with van der Waals surface area (Å²) in [5.41, 5.74) is 0.894. The quantitative estimate of drug-likeness (QED) is 0.175. The van der Waals surface area contributed by atoms with E-state index in [1.165, 1.54) is 6.33 Å². The number of anilines is 1. The van der Waals surface area contributed by atoms with Crippen LogP contribution in [0.5, 0.6) is 11.5 Å². The van der Waals surface area contributed by atoms with Gasteiger partial charge in [-0.05, 0) is 53.1 Å². The van der Waals surface area contributed by atoms with Gasteiger partial charge in [0.05, 0.1) is 38.7 Å². The lowest BCUT2D eigenvalue weighted by Gasteiger charge is -2.50. The van der Waals surface area contributed by atoms with Crippen LogP contribution in [0, 0.1) is 0 Å². The molecule has 0 spiro atoms. The number of hydrogen-bond acceptors (Lipinski definition) is 9. The van der Waals surface area contributed by atoms with Crippen LogP contribution in [0.1, 0.15) is 33.5 Å². The van der Waals surface area contributed by atoms with E-state index in [2.05, 4.69) is 15.3 Å². The average Bonchev–Trinajstić information content (AvgIpc) is 3.75. The molecule has 0 unspecified atom stereocenters. The van der Waals surface area contributed by atoms with Crippen LogP contribution < -0.4 is 14.8 Å². The average molecular weight is 658 g/mol. The number of methoxy groups -OCH3 is 2. The highest BCUT2D eigenvalue weighted by atomic mass is 16.6. The minimum absolute atomic E-state index is 0.0341. The van der Waals surface area contributed by atoms with E-state index in [0.717, 1.165) is 16.7 Å². The van der Waals surface area contributed by atoms with E-state index in [-0.39, 0.29) is 18.1 Å². The van der Waals surface area contributed by atoms with E-state index in [1.807, 2.05) is 84.9 Å². The monoisotopic (exact) mass is 657 g/mol. The maximum absolute atomic E-state index is 13.2. The van der Waals surface area contributed by atoms with Crippen LogP contribution >= 0.6 is 0 Å². The first-order valence-electron chi connectivity index (χ1n) is 15.8. The molecule has 3 heterocycles. The van der Waals surface area contributed by atoms with Gasteiger partial charge in [0.2, 0.25) is 0 Å². The van der Waals surface area contributed by atoms with E-state index in [4.69, 9.17) is 19.2 Å². The van der Waals surface area contributed by atoms with Gasteiger partial charge >= 0.3 is 0 Å². The van der Waals surface area contributed by atoms with Gasteiger partial charge in [0, 0.05) is 12.0 Å². The number of rotatable bonds is 10. The number of carbonyl (C=O) groups is 1. The van der Waals surface area contributed by atoms with E-state index < -0.39 is 30.0 Å². The van der Waals surface area contributed by atoms with Crippen molar-refractivity contribution in [1.29, 1.82) is 0 Å². The Labute approximate surface area is 282 Å². The lowest BCUT2D eigenvalue weighted by molar-refractivity contribution is -0.143. The second-order valence-electron chi connectivity index (χ2n) is 11.8. The fourth-order valence-corrected chi connectivity index (χ4v) is 7.03. The molecule has 1 saturated heterocycles. The van der Waals surface area contributed by atoms with Gasteiger partial charge in [-0.3, -0.25) is 9.36 Å². The Morgan fingerprint density at radius 1 is 0.857 bits per heavy atom. The molecule has 0 bridgehead atoms. The highest BCUT2D eigenvalue weighted by Crippen LogP contribution is 2.58. The molecule has 11 nitrogen and oxygen atoms in total. The van der Waals surface area contributed by atoms with Crippen LogP contribution in [0.25, 0.3) is 11.2 Å². The molecule has 0 aliphatic carbocycles. The fraction of sp³-hybridized carbons (Fsp3) is 0.211. The molecular formula is C38H35N5O6. The number of nitrogens with zero attached hydrogens (tertiary/aromatic N) is 4. The molecule has 0 radical (unpaired) electrons. The van der Waals surface area contributed by atoms with E-state index in [1.54, 1.807) is 49.4 Å². The van der Waals surface area contributed by atoms with Crippen molar-refractivity contribution in [2.45, 2.75) is 29.8 Å². The van der Waals surface area contributed by atoms with Crippen molar-refractivity contribution in [3.05, 3.63) is 144 Å². The molecule has 2 aromatic heterocycles. The third-order valence-electron chi connectivity index (χ3n) is 9.27. The molecule has 7 rings (SSSR count). The summed E-state index contributed by atoms with van der Waals surface area (Å²) in [4.78, 5) is 27.0. The first-order valence-corrected chi connectivity index (χ1v) is 15.8. The Bertz CT molecular complexity index is 2010. The smallest absolute Gasteiger partial charge is 0.256 e. The maximum atomic E-state index is 13.2. The van der Waals surface area contributed by atoms with Crippen molar-refractivity contribution in [1.82, 2.24) is 19.5 Å². The number of hydrogen-bond donors (Lipinski definition) is 3. The first kappa shape index (κ1) is 32.0. The normalized spacial score (nSPS) is 19.1. The van der Waals surface area contributed by atoms with Crippen molar-refractivity contribution < 1.29 is 29.2 Å². The van der Waals surface area contributed by atoms with Gasteiger partial charge in [0.1, 0.15) is 23.9 Å². The van der Waals surface area contributed by atoms with Crippen LogP contribution in [0.3, 0.4) is 0 Å². The fourth-order valence-electron chi connectivity index (χ4n) is 7.03. The van der Waals surface area contributed by atoms with Gasteiger partial charge < -0.3 is 29.7 Å². The molecule has 1 aliphatic heterocycles. The summed E-state index contributed by atoms with van der Waals surface area (Å²) in [5.74, 6) is 1.18. The molecule has 4 aromatic carbocycles. The molecule has 1 amide bonds. The van der Waals surface area contributed by atoms with E-state index in [0.29, 0.717) is 28.2 Å². The number of amides is 1. The summed E-state index contributed by atoms with van der Waals surface area (Å²) in [6, 6.07) is 34.1. The van der Waals surface area contributed by atoms with Gasteiger partial charge in [0.25, 0.3) is 5.91 Å². The number of benzene rings is 4. The van der Waals surface area contributed by atoms with Crippen molar-refractivity contribution in [3.63, 3.8) is 0 Å². The summed E-state index contributed by atoms with van der Waals surface area (Å²) in [6.07, 6.45) is 0.965. The Morgan fingerprint density at radius 3 is 1.98 bits per heavy atom. The van der Waals surface area contributed by atoms with Crippen LogP contribution in [0.15, 0.2) is 122 Å². The second kappa shape index (κ2) is 13.1. The molecule has 11 heteroatoms. The number of aliphatic hydroxyl groups excluding tert-OH is 2. The predicted molar refractivity (Wildman–Crippen MR) is 183 cm³/mol. The predicted octanol–water partition coefficient (Wildman–Crippen LogP) is 4.93. The van der Waals surface area contributed by atoms with Gasteiger partial charge in [-0.25, -0.2) is 15.0 Å². The maximum Gasteiger partial charge on any atom is 0.256 e. The standard InChI is InChI=1S/C38H35N5O6/c1-47-29-17-13-27(14-18-29)38(26-11-7-4-8-12-26,28-15-19-30(48-2)20-16-28)37(21-31(45)32(22-44)49-37)43-24-41-33-34(39-23-40-35(33)43)42-36(46)25-9-5-3-6-10-25/h3-20,23-24,31-32,44-45H,21-22H2,1-2H3,(H,39,40,42,46)/t31-,32+,37-/m0/s1. The van der Waals surface area contributed by atoms with E-state index >= 15 is 0 Å². The minimum atomic E-state index is -1.49. The molecule has 49 heavy (non-hydrogen) atoms. The minimum Gasteiger partial charge on any atom is -0.497 e. The Morgan fingerprint density at radius 2 is 1.43 bits per heavy atom. The third kappa shape index (κ3) is 5.28. The number of imidazole rings is 1. The molecule has 248 valence electrons. The molecular weight excluding hydrogens is 622 g/mol. The number of ether oxygens (including phenoxy) is 3. The number of aromatic nitrogens is 4. The molecule has 1 fully saturated rings. The first-order chi connectivity index (χ1) is 23.9. The van der Waals surface area contributed by atoms with Gasteiger partial charge in [-0.2, -0.15) is 0 Å². The lowest BCUT2D eigenvalue weighted by atomic mass is 9.61.